The molecule has 4 nitrogen and oxygen atoms in total. The third kappa shape index (κ3) is 1.52. The van der Waals surface area contributed by atoms with Gasteiger partial charge in [0.1, 0.15) is 5.82 Å². The number of carbonyl (C=O) groups is 2. The van der Waals surface area contributed by atoms with Gasteiger partial charge >= 0.3 is 0 Å². The van der Waals surface area contributed by atoms with Crippen molar-refractivity contribution in [2.45, 2.75) is 12.4 Å². The second-order valence-electron chi connectivity index (χ2n) is 5.24. The van der Waals surface area contributed by atoms with Crippen LogP contribution in [0.2, 0.25) is 0 Å². The molecule has 0 amide bonds. The van der Waals surface area contributed by atoms with Gasteiger partial charge in [-0.2, -0.15) is 0 Å². The lowest BCUT2D eigenvalue weighted by Crippen LogP contribution is -2.30. The van der Waals surface area contributed by atoms with Crippen LogP contribution in [-0.4, -0.2) is 30.6 Å². The van der Waals surface area contributed by atoms with E-state index in [-0.39, 0.29) is 41.2 Å². The fraction of sp³-hybridized carbons (Fsp3) is 0.429. The first-order valence-corrected chi connectivity index (χ1v) is 6.27. The highest BCUT2D eigenvalue weighted by Gasteiger charge is 2.68. The van der Waals surface area contributed by atoms with Gasteiger partial charge in [0, 0.05) is 23.3 Å². The minimum absolute atomic E-state index is 0.0659. The second kappa shape index (κ2) is 3.71. The van der Waals surface area contributed by atoms with Crippen LogP contribution in [-0.2, 0) is 14.3 Å². The molecule has 1 unspecified atom stereocenters. The molecule has 1 aromatic carbocycles. The van der Waals surface area contributed by atoms with E-state index < -0.39 is 6.29 Å². The number of hydrogen-bond acceptors (Lipinski definition) is 4. The number of halogens is 1. The molecule has 1 aliphatic carbocycles. The molecule has 0 spiro atoms. The Labute approximate surface area is 108 Å². The maximum atomic E-state index is 12.8. The monoisotopic (exact) mass is 262 g/mol. The molecule has 4 rings (SSSR count). The molecule has 1 saturated carbocycles. The predicted octanol–water partition coefficient (Wildman–Crippen LogP) is 1.19. The van der Waals surface area contributed by atoms with Crippen molar-refractivity contribution in [2.24, 2.45) is 17.8 Å². The highest BCUT2D eigenvalue weighted by molar-refractivity contribution is 6.05. The van der Waals surface area contributed by atoms with Gasteiger partial charge in [-0.1, -0.05) is 0 Å². The first-order chi connectivity index (χ1) is 9.16. The van der Waals surface area contributed by atoms with Crippen molar-refractivity contribution >= 4 is 11.6 Å². The average Bonchev–Trinajstić information content (AvgIpc) is 3.02. The lowest BCUT2D eigenvalue weighted by Gasteiger charge is -2.14. The van der Waals surface area contributed by atoms with Crippen LogP contribution in [0.1, 0.15) is 10.4 Å². The zero-order valence-electron chi connectivity index (χ0n) is 9.91. The van der Waals surface area contributed by atoms with Gasteiger partial charge in [0.15, 0.2) is 11.6 Å². The van der Waals surface area contributed by atoms with E-state index in [9.17, 15) is 14.0 Å². The first kappa shape index (κ1) is 11.3. The van der Waals surface area contributed by atoms with E-state index in [1.807, 2.05) is 0 Å². The summed E-state index contributed by atoms with van der Waals surface area (Å²) in [5, 5.41) is 0. The van der Waals surface area contributed by atoms with E-state index in [4.69, 9.17) is 9.47 Å². The Morgan fingerprint density at radius 1 is 1.26 bits per heavy atom. The van der Waals surface area contributed by atoms with Crippen LogP contribution >= 0.6 is 0 Å². The Balaban J connectivity index is 1.60. The Morgan fingerprint density at radius 3 is 2.74 bits per heavy atom. The zero-order chi connectivity index (χ0) is 13.1. The highest BCUT2D eigenvalue weighted by atomic mass is 19.1. The Morgan fingerprint density at radius 2 is 2.00 bits per heavy atom. The van der Waals surface area contributed by atoms with Gasteiger partial charge in [0.2, 0.25) is 6.29 Å². The van der Waals surface area contributed by atoms with Crippen LogP contribution in [0, 0.1) is 23.6 Å². The molecular formula is C14H11FO4. The summed E-state index contributed by atoms with van der Waals surface area (Å²) >= 11 is 0. The van der Waals surface area contributed by atoms with Crippen LogP contribution in [0.15, 0.2) is 24.3 Å². The molecule has 5 atom stereocenters. The number of rotatable bonds is 2. The number of ketones is 2. The molecule has 0 N–H and O–H groups in total. The fourth-order valence-corrected chi connectivity index (χ4v) is 3.24. The number of benzene rings is 1. The maximum absolute atomic E-state index is 12.8. The Hall–Kier alpha value is -1.59. The molecule has 2 heterocycles. The zero-order valence-corrected chi connectivity index (χ0v) is 9.91. The summed E-state index contributed by atoms with van der Waals surface area (Å²) in [6.07, 6.45) is -0.931. The van der Waals surface area contributed by atoms with Crippen molar-refractivity contribution in [3.63, 3.8) is 0 Å². The van der Waals surface area contributed by atoms with Crippen molar-refractivity contribution < 1.29 is 23.5 Å². The van der Waals surface area contributed by atoms with Gasteiger partial charge in [-0.05, 0) is 24.3 Å². The minimum atomic E-state index is -0.780. The number of hydrogen-bond donors (Lipinski definition) is 0. The van der Waals surface area contributed by atoms with E-state index in [1.54, 1.807) is 0 Å². The molecule has 0 radical (unpaired) electrons. The van der Waals surface area contributed by atoms with Crippen LogP contribution in [0.5, 0.6) is 0 Å². The summed E-state index contributed by atoms with van der Waals surface area (Å²) in [6.45, 7) is 0.380. The van der Waals surface area contributed by atoms with E-state index in [0.29, 0.717) is 12.2 Å². The third-order valence-electron chi connectivity index (χ3n) is 4.21. The lowest BCUT2D eigenvalue weighted by molar-refractivity contribution is -0.153. The molecule has 2 saturated heterocycles. The first-order valence-electron chi connectivity index (χ1n) is 6.27. The van der Waals surface area contributed by atoms with Gasteiger partial charge in [0.05, 0.1) is 12.7 Å². The molecule has 3 fully saturated rings. The lowest BCUT2D eigenvalue weighted by atomic mass is 10.0. The van der Waals surface area contributed by atoms with Crippen molar-refractivity contribution in [2.75, 3.05) is 6.61 Å². The van der Waals surface area contributed by atoms with Crippen LogP contribution < -0.4 is 0 Å². The molecule has 2 aliphatic heterocycles. The summed E-state index contributed by atoms with van der Waals surface area (Å²) in [5.41, 5.74) is 0.449. The third-order valence-corrected chi connectivity index (χ3v) is 4.21. The SMILES string of the molecule is O=C(c1ccc(F)cc1)C1[C@H]2[C@@H]1C(=O)[C@@H]1OC[C@H]2O1. The van der Waals surface area contributed by atoms with Gasteiger partial charge in [-0.25, -0.2) is 4.39 Å². The van der Waals surface area contributed by atoms with Crippen molar-refractivity contribution in [1.29, 1.82) is 0 Å². The van der Waals surface area contributed by atoms with E-state index in [2.05, 4.69) is 0 Å². The second-order valence-corrected chi connectivity index (χ2v) is 5.24. The Bertz CT molecular complexity index is 567. The molecule has 2 bridgehead atoms. The Kier molecular flexibility index (Phi) is 2.20. The minimum Gasteiger partial charge on any atom is -0.343 e. The predicted molar refractivity (Wildman–Crippen MR) is 60.8 cm³/mol. The summed E-state index contributed by atoms with van der Waals surface area (Å²) in [6, 6.07) is 5.43. The largest absolute Gasteiger partial charge is 0.343 e. The normalized spacial score (nSPS) is 39.0. The molecule has 19 heavy (non-hydrogen) atoms. The molecular weight excluding hydrogens is 251 g/mol. The van der Waals surface area contributed by atoms with E-state index in [1.165, 1.54) is 24.3 Å². The smallest absolute Gasteiger partial charge is 0.218 e. The highest BCUT2D eigenvalue weighted by Crippen LogP contribution is 2.57. The summed E-state index contributed by atoms with van der Waals surface area (Å²) < 4.78 is 23.5. The number of fused-ring (bicyclic) bond motifs is 4. The van der Waals surface area contributed by atoms with Crippen LogP contribution in [0.3, 0.4) is 0 Å². The fourth-order valence-electron chi connectivity index (χ4n) is 3.24. The van der Waals surface area contributed by atoms with Gasteiger partial charge < -0.3 is 9.47 Å². The van der Waals surface area contributed by atoms with Crippen molar-refractivity contribution in [1.82, 2.24) is 0 Å². The van der Waals surface area contributed by atoms with Gasteiger partial charge in [-0.15, -0.1) is 0 Å². The average molecular weight is 262 g/mol. The number of ether oxygens (including phenoxy) is 2. The molecule has 98 valence electrons. The number of Topliss-reactive ketones (excluding diaryl/α,β-unsaturated/α-hetero) is 2. The standard InChI is InChI=1S/C14H11FO4/c15-7-3-1-6(2-4-7)12(16)10-9-8-5-18-14(19-8)13(17)11(9)10/h1-4,8-11,14H,5H2/t8-,9+,10?,11+,14-/m1/s1. The quantitative estimate of drug-likeness (QED) is 0.751. The van der Waals surface area contributed by atoms with E-state index >= 15 is 0 Å². The summed E-state index contributed by atoms with van der Waals surface area (Å²) in [4.78, 5) is 24.3. The molecule has 5 heteroatoms. The topological polar surface area (TPSA) is 52.6 Å². The van der Waals surface area contributed by atoms with Crippen LogP contribution in [0.4, 0.5) is 4.39 Å². The molecule has 3 aliphatic rings. The van der Waals surface area contributed by atoms with E-state index in [0.717, 1.165) is 0 Å². The maximum Gasteiger partial charge on any atom is 0.218 e. The van der Waals surface area contributed by atoms with Crippen molar-refractivity contribution in [3.8, 4) is 0 Å². The molecule has 1 aromatic rings. The van der Waals surface area contributed by atoms with Gasteiger partial charge in [0.25, 0.3) is 0 Å². The summed E-state index contributed by atoms with van der Waals surface area (Å²) in [5.74, 6) is -1.26. The van der Waals surface area contributed by atoms with Gasteiger partial charge in [-0.3, -0.25) is 9.59 Å². The van der Waals surface area contributed by atoms with Crippen molar-refractivity contribution in [3.05, 3.63) is 35.6 Å². The van der Waals surface area contributed by atoms with Crippen LogP contribution in [0.25, 0.3) is 0 Å². The number of carbonyl (C=O) groups excluding carboxylic acids is 2. The molecule has 0 aromatic heterocycles. The summed E-state index contributed by atoms with van der Waals surface area (Å²) in [7, 11) is 0.